The van der Waals surface area contributed by atoms with Gasteiger partial charge in [-0.05, 0) is 31.9 Å². The summed E-state index contributed by atoms with van der Waals surface area (Å²) in [5, 5.41) is 19.3. The Morgan fingerprint density at radius 1 is 1.33 bits per heavy atom. The SMILES string of the molecule is C[C@@H](Nc1ccc([N+](=O)[O-])c2cnccc12)c1csc(C2CC2)n1. The molecule has 1 aromatic carbocycles. The van der Waals surface area contributed by atoms with E-state index in [0.717, 1.165) is 16.8 Å². The molecule has 1 aliphatic carbocycles. The van der Waals surface area contributed by atoms with Crippen LogP contribution in [0.2, 0.25) is 0 Å². The van der Waals surface area contributed by atoms with Crippen molar-refractivity contribution < 1.29 is 4.92 Å². The lowest BCUT2D eigenvalue weighted by Crippen LogP contribution is -2.08. The summed E-state index contributed by atoms with van der Waals surface area (Å²) in [6.45, 7) is 2.06. The van der Waals surface area contributed by atoms with Gasteiger partial charge in [0.25, 0.3) is 5.69 Å². The van der Waals surface area contributed by atoms with Gasteiger partial charge < -0.3 is 5.32 Å². The molecule has 24 heavy (non-hydrogen) atoms. The molecule has 4 rings (SSSR count). The second kappa shape index (κ2) is 5.83. The molecule has 0 amide bonds. The first-order chi connectivity index (χ1) is 11.6. The highest BCUT2D eigenvalue weighted by Crippen LogP contribution is 2.42. The molecule has 6 nitrogen and oxygen atoms in total. The van der Waals surface area contributed by atoms with Crippen molar-refractivity contribution in [3.8, 4) is 0 Å². The Morgan fingerprint density at radius 3 is 2.92 bits per heavy atom. The fourth-order valence-electron chi connectivity index (χ4n) is 2.78. The van der Waals surface area contributed by atoms with Crippen LogP contribution in [0.15, 0.2) is 36.0 Å². The number of non-ortho nitro benzene ring substituents is 1. The van der Waals surface area contributed by atoms with Crippen molar-refractivity contribution in [3.63, 3.8) is 0 Å². The minimum atomic E-state index is -0.375. The predicted octanol–water partition coefficient (Wildman–Crippen LogP) is 4.65. The molecule has 1 N–H and O–H groups in total. The molecule has 2 aromatic heterocycles. The standard InChI is InChI=1S/C17H16N4O2S/c1-10(15-9-24-17(20-15)11-2-3-11)19-14-4-5-16(21(22)23)13-8-18-7-6-12(13)14/h4-11,19H,2-3H2,1H3/t10-/m1/s1. The summed E-state index contributed by atoms with van der Waals surface area (Å²) in [4.78, 5) is 19.6. The Hall–Kier alpha value is -2.54. The van der Waals surface area contributed by atoms with E-state index in [1.807, 2.05) is 0 Å². The van der Waals surface area contributed by atoms with Crippen molar-refractivity contribution in [1.82, 2.24) is 9.97 Å². The molecule has 7 heteroatoms. The van der Waals surface area contributed by atoms with Crippen LogP contribution in [0.3, 0.4) is 0 Å². The molecule has 0 saturated heterocycles. The van der Waals surface area contributed by atoms with Crippen LogP contribution in [-0.2, 0) is 0 Å². The highest BCUT2D eigenvalue weighted by molar-refractivity contribution is 7.09. The van der Waals surface area contributed by atoms with E-state index in [0.29, 0.717) is 11.3 Å². The average molecular weight is 340 g/mol. The van der Waals surface area contributed by atoms with Crippen molar-refractivity contribution in [2.45, 2.75) is 31.7 Å². The quantitative estimate of drug-likeness (QED) is 0.540. The number of aromatic nitrogens is 2. The van der Waals surface area contributed by atoms with E-state index in [9.17, 15) is 10.1 Å². The third-order valence-electron chi connectivity index (χ3n) is 4.27. The minimum absolute atomic E-state index is 0.0339. The van der Waals surface area contributed by atoms with Crippen LogP contribution in [-0.4, -0.2) is 14.9 Å². The van der Waals surface area contributed by atoms with Gasteiger partial charge in [0.2, 0.25) is 0 Å². The van der Waals surface area contributed by atoms with Gasteiger partial charge in [-0.1, -0.05) is 0 Å². The van der Waals surface area contributed by atoms with Crippen LogP contribution >= 0.6 is 11.3 Å². The summed E-state index contributed by atoms with van der Waals surface area (Å²) in [6, 6.07) is 5.11. The lowest BCUT2D eigenvalue weighted by Gasteiger charge is -2.15. The molecule has 3 aromatic rings. The number of nitro groups is 1. The summed E-state index contributed by atoms with van der Waals surface area (Å²) >= 11 is 1.72. The molecule has 1 atom stereocenters. The number of pyridine rings is 1. The number of anilines is 1. The van der Waals surface area contributed by atoms with E-state index < -0.39 is 0 Å². The van der Waals surface area contributed by atoms with Crippen molar-refractivity contribution in [3.05, 3.63) is 56.8 Å². The van der Waals surface area contributed by atoms with E-state index in [1.165, 1.54) is 30.1 Å². The molecule has 0 aliphatic heterocycles. The summed E-state index contributed by atoms with van der Waals surface area (Å²) in [7, 11) is 0. The second-order valence-electron chi connectivity index (χ2n) is 6.06. The number of nitrogens with one attached hydrogen (secondary N) is 1. The van der Waals surface area contributed by atoms with Crippen molar-refractivity contribution >= 4 is 33.5 Å². The minimum Gasteiger partial charge on any atom is -0.376 e. The number of benzene rings is 1. The fraction of sp³-hybridized carbons (Fsp3) is 0.294. The van der Waals surface area contributed by atoms with E-state index in [-0.39, 0.29) is 16.7 Å². The monoisotopic (exact) mass is 340 g/mol. The van der Waals surface area contributed by atoms with Gasteiger partial charge in [0.1, 0.15) is 0 Å². The maximum atomic E-state index is 11.2. The normalized spacial score (nSPS) is 15.4. The van der Waals surface area contributed by atoms with Crippen molar-refractivity contribution in [2.75, 3.05) is 5.32 Å². The Kier molecular flexibility index (Phi) is 3.65. The summed E-state index contributed by atoms with van der Waals surface area (Å²) in [6.07, 6.45) is 5.68. The van der Waals surface area contributed by atoms with E-state index in [1.54, 1.807) is 29.7 Å². The van der Waals surface area contributed by atoms with Crippen LogP contribution in [0.4, 0.5) is 11.4 Å². The van der Waals surface area contributed by atoms with E-state index in [4.69, 9.17) is 4.98 Å². The number of rotatable bonds is 5. The molecule has 122 valence electrons. The molecule has 0 spiro atoms. The van der Waals surface area contributed by atoms with Crippen LogP contribution in [0, 0.1) is 10.1 Å². The number of nitrogens with zero attached hydrogens (tertiary/aromatic N) is 3. The largest absolute Gasteiger partial charge is 0.376 e. The Labute approximate surface area is 142 Å². The topological polar surface area (TPSA) is 81.0 Å². The molecular formula is C17H16N4O2S. The van der Waals surface area contributed by atoms with Crippen LogP contribution in [0.5, 0.6) is 0 Å². The lowest BCUT2D eigenvalue weighted by atomic mass is 10.1. The Morgan fingerprint density at radius 2 is 2.17 bits per heavy atom. The molecule has 1 aliphatic rings. The lowest BCUT2D eigenvalue weighted by molar-refractivity contribution is -0.383. The highest BCUT2D eigenvalue weighted by atomic mass is 32.1. The zero-order chi connectivity index (χ0) is 16.7. The van der Waals surface area contributed by atoms with Crippen molar-refractivity contribution in [1.29, 1.82) is 0 Å². The van der Waals surface area contributed by atoms with Gasteiger partial charge >= 0.3 is 0 Å². The van der Waals surface area contributed by atoms with Gasteiger partial charge in [-0.3, -0.25) is 15.1 Å². The smallest absolute Gasteiger partial charge is 0.278 e. The molecule has 0 unspecified atom stereocenters. The van der Waals surface area contributed by atoms with Crippen LogP contribution in [0.25, 0.3) is 10.8 Å². The first-order valence-electron chi connectivity index (χ1n) is 7.86. The first kappa shape index (κ1) is 15.0. The Balaban J connectivity index is 1.66. The summed E-state index contributed by atoms with van der Waals surface area (Å²) in [5.41, 5.74) is 1.94. The third-order valence-corrected chi connectivity index (χ3v) is 5.30. The van der Waals surface area contributed by atoms with Gasteiger partial charge in [0.05, 0.1) is 27.1 Å². The molecule has 0 radical (unpaired) electrons. The van der Waals surface area contributed by atoms with Crippen LogP contribution in [0.1, 0.15) is 42.4 Å². The maximum absolute atomic E-state index is 11.2. The van der Waals surface area contributed by atoms with Gasteiger partial charge in [-0.25, -0.2) is 4.98 Å². The zero-order valence-corrected chi connectivity index (χ0v) is 13.9. The maximum Gasteiger partial charge on any atom is 0.278 e. The van der Waals surface area contributed by atoms with Crippen LogP contribution < -0.4 is 5.32 Å². The first-order valence-corrected chi connectivity index (χ1v) is 8.74. The summed E-state index contributed by atoms with van der Waals surface area (Å²) < 4.78 is 0. The van der Waals surface area contributed by atoms with Gasteiger partial charge in [-0.2, -0.15) is 0 Å². The number of hydrogen-bond donors (Lipinski definition) is 1. The van der Waals surface area contributed by atoms with Gasteiger partial charge in [0.15, 0.2) is 0 Å². The number of nitro benzene ring substituents is 1. The van der Waals surface area contributed by atoms with E-state index >= 15 is 0 Å². The number of hydrogen-bond acceptors (Lipinski definition) is 6. The van der Waals surface area contributed by atoms with Gasteiger partial charge in [0, 0.05) is 40.8 Å². The fourth-order valence-corrected chi connectivity index (χ4v) is 3.87. The molecule has 0 bridgehead atoms. The predicted molar refractivity (Wildman–Crippen MR) is 94.5 cm³/mol. The number of fused-ring (bicyclic) bond motifs is 1. The summed E-state index contributed by atoms with van der Waals surface area (Å²) in [5.74, 6) is 0.655. The molecule has 2 heterocycles. The average Bonchev–Trinajstić information content (AvgIpc) is 3.31. The van der Waals surface area contributed by atoms with Crippen molar-refractivity contribution in [2.24, 2.45) is 0 Å². The number of thiazole rings is 1. The molecule has 1 saturated carbocycles. The third kappa shape index (κ3) is 2.71. The molecular weight excluding hydrogens is 324 g/mol. The zero-order valence-electron chi connectivity index (χ0n) is 13.1. The highest BCUT2D eigenvalue weighted by Gasteiger charge is 2.27. The van der Waals surface area contributed by atoms with E-state index in [2.05, 4.69) is 22.6 Å². The van der Waals surface area contributed by atoms with Gasteiger partial charge in [-0.15, -0.1) is 11.3 Å². The second-order valence-corrected chi connectivity index (χ2v) is 6.95. The Bertz CT molecular complexity index is 920. The molecule has 1 fully saturated rings.